The lowest BCUT2D eigenvalue weighted by Gasteiger charge is -2.31. The molecule has 0 radical (unpaired) electrons. The molecular formula is C18H24N2O3. The molecule has 0 amide bonds. The standard InChI is InChI=1S/C18H24N2O3/c1-10(2)7-15-17-13(9-16(19-15)18(21)23-4)12-6-5-11(22-3)8-14(12)20-17/h5-6,8,10,15-16,19-20H,7,9H2,1-4H3/t15-,16+/m1/s1. The van der Waals surface area contributed by atoms with Crippen LogP contribution in [0.25, 0.3) is 10.9 Å². The van der Waals surface area contributed by atoms with Crippen LogP contribution in [-0.2, 0) is 16.0 Å². The highest BCUT2D eigenvalue weighted by Gasteiger charge is 2.33. The molecule has 5 heteroatoms. The maximum absolute atomic E-state index is 12.1. The molecule has 23 heavy (non-hydrogen) atoms. The smallest absolute Gasteiger partial charge is 0.323 e. The molecule has 5 nitrogen and oxygen atoms in total. The summed E-state index contributed by atoms with van der Waals surface area (Å²) in [5.41, 5.74) is 3.44. The van der Waals surface area contributed by atoms with E-state index >= 15 is 0 Å². The molecule has 2 aromatic rings. The van der Waals surface area contributed by atoms with Crippen LogP contribution in [-0.4, -0.2) is 31.2 Å². The summed E-state index contributed by atoms with van der Waals surface area (Å²) in [5, 5.41) is 4.60. The minimum atomic E-state index is -0.294. The SMILES string of the molecule is COC(=O)[C@@H]1Cc2c([nH]c3cc(OC)ccc23)[C@@H](CC(C)C)N1. The van der Waals surface area contributed by atoms with Crippen LogP contribution in [0.3, 0.4) is 0 Å². The number of fused-ring (bicyclic) bond motifs is 3. The molecule has 124 valence electrons. The number of carbonyl (C=O) groups excluding carboxylic acids is 1. The average molecular weight is 316 g/mol. The molecule has 0 unspecified atom stereocenters. The summed E-state index contributed by atoms with van der Waals surface area (Å²) in [6, 6.07) is 5.87. The van der Waals surface area contributed by atoms with Gasteiger partial charge in [-0.3, -0.25) is 10.1 Å². The van der Waals surface area contributed by atoms with E-state index < -0.39 is 0 Å². The van der Waals surface area contributed by atoms with Crippen molar-refractivity contribution in [3.63, 3.8) is 0 Å². The topological polar surface area (TPSA) is 63.4 Å². The van der Waals surface area contributed by atoms with E-state index in [4.69, 9.17) is 9.47 Å². The summed E-state index contributed by atoms with van der Waals surface area (Å²) in [6.45, 7) is 4.38. The maximum Gasteiger partial charge on any atom is 0.323 e. The Labute approximate surface area is 136 Å². The van der Waals surface area contributed by atoms with Gasteiger partial charge in [0, 0.05) is 35.1 Å². The van der Waals surface area contributed by atoms with E-state index in [0.717, 1.165) is 23.1 Å². The Hall–Kier alpha value is -2.01. The van der Waals surface area contributed by atoms with Crippen LogP contribution in [0.5, 0.6) is 5.75 Å². The fraction of sp³-hybridized carbons (Fsp3) is 0.500. The number of H-pyrrole nitrogens is 1. The monoisotopic (exact) mass is 316 g/mol. The van der Waals surface area contributed by atoms with E-state index in [9.17, 15) is 4.79 Å². The van der Waals surface area contributed by atoms with Crippen LogP contribution in [0.1, 0.15) is 37.6 Å². The first-order valence-corrected chi connectivity index (χ1v) is 8.05. The zero-order valence-electron chi connectivity index (χ0n) is 14.1. The molecule has 1 aliphatic rings. The Balaban J connectivity index is 2.07. The van der Waals surface area contributed by atoms with E-state index in [1.54, 1.807) is 7.11 Å². The highest BCUT2D eigenvalue weighted by atomic mass is 16.5. The van der Waals surface area contributed by atoms with Gasteiger partial charge in [-0.1, -0.05) is 13.8 Å². The van der Waals surface area contributed by atoms with Gasteiger partial charge >= 0.3 is 5.97 Å². The van der Waals surface area contributed by atoms with Crippen molar-refractivity contribution in [1.82, 2.24) is 10.3 Å². The summed E-state index contributed by atoms with van der Waals surface area (Å²) >= 11 is 0. The number of hydrogen-bond donors (Lipinski definition) is 2. The Morgan fingerprint density at radius 3 is 2.78 bits per heavy atom. The Morgan fingerprint density at radius 1 is 1.35 bits per heavy atom. The fourth-order valence-electron chi connectivity index (χ4n) is 3.44. The second kappa shape index (κ2) is 6.24. The van der Waals surface area contributed by atoms with Gasteiger partial charge in [0.05, 0.1) is 14.2 Å². The summed E-state index contributed by atoms with van der Waals surface area (Å²) in [6.07, 6.45) is 1.60. The second-order valence-electron chi connectivity index (χ2n) is 6.56. The van der Waals surface area contributed by atoms with E-state index in [1.807, 2.05) is 12.1 Å². The van der Waals surface area contributed by atoms with Crippen LogP contribution < -0.4 is 10.1 Å². The number of hydrogen-bond acceptors (Lipinski definition) is 4. The lowest BCUT2D eigenvalue weighted by atomic mass is 9.90. The van der Waals surface area contributed by atoms with Crippen molar-refractivity contribution in [2.75, 3.05) is 14.2 Å². The fourth-order valence-corrected chi connectivity index (χ4v) is 3.44. The molecule has 0 saturated heterocycles. The van der Waals surface area contributed by atoms with Gasteiger partial charge in [-0.25, -0.2) is 0 Å². The van der Waals surface area contributed by atoms with Gasteiger partial charge in [0.25, 0.3) is 0 Å². The van der Waals surface area contributed by atoms with Crippen LogP contribution >= 0.6 is 0 Å². The van der Waals surface area contributed by atoms with Crippen LogP contribution in [0.15, 0.2) is 18.2 Å². The van der Waals surface area contributed by atoms with Crippen molar-refractivity contribution >= 4 is 16.9 Å². The van der Waals surface area contributed by atoms with E-state index in [1.165, 1.54) is 18.4 Å². The number of rotatable bonds is 4. The highest BCUT2D eigenvalue weighted by molar-refractivity contribution is 5.88. The predicted molar refractivity (Wildman–Crippen MR) is 89.7 cm³/mol. The number of aromatic amines is 1. The van der Waals surface area contributed by atoms with Crippen molar-refractivity contribution in [1.29, 1.82) is 0 Å². The third-order valence-corrected chi connectivity index (χ3v) is 4.50. The number of aromatic nitrogens is 1. The Bertz CT molecular complexity index is 720. The maximum atomic E-state index is 12.1. The lowest BCUT2D eigenvalue weighted by molar-refractivity contribution is -0.143. The molecule has 3 rings (SSSR count). The van der Waals surface area contributed by atoms with Gasteiger partial charge in [-0.2, -0.15) is 0 Å². The number of ether oxygens (including phenoxy) is 2. The molecule has 0 aliphatic carbocycles. The molecule has 2 atom stereocenters. The number of nitrogens with one attached hydrogen (secondary N) is 2. The predicted octanol–water partition coefficient (Wildman–Crippen LogP) is 2.95. The van der Waals surface area contributed by atoms with E-state index in [-0.39, 0.29) is 18.1 Å². The van der Waals surface area contributed by atoms with Gasteiger partial charge in [-0.15, -0.1) is 0 Å². The Kier molecular flexibility index (Phi) is 4.31. The van der Waals surface area contributed by atoms with Gasteiger partial charge in [0.15, 0.2) is 0 Å². The summed E-state index contributed by atoms with van der Waals surface area (Å²) in [4.78, 5) is 15.6. The zero-order chi connectivity index (χ0) is 16.6. The molecule has 0 spiro atoms. The quantitative estimate of drug-likeness (QED) is 0.851. The molecule has 0 saturated carbocycles. The summed E-state index contributed by atoms with van der Waals surface area (Å²) in [7, 11) is 3.11. The van der Waals surface area contributed by atoms with Crippen molar-refractivity contribution in [2.45, 2.75) is 38.8 Å². The number of esters is 1. The zero-order valence-corrected chi connectivity index (χ0v) is 14.1. The van der Waals surface area contributed by atoms with Crippen molar-refractivity contribution < 1.29 is 14.3 Å². The van der Waals surface area contributed by atoms with Crippen molar-refractivity contribution in [2.24, 2.45) is 5.92 Å². The molecule has 0 fully saturated rings. The lowest BCUT2D eigenvalue weighted by Crippen LogP contribution is -2.45. The molecule has 1 aromatic heterocycles. The minimum Gasteiger partial charge on any atom is -0.497 e. The summed E-state index contributed by atoms with van der Waals surface area (Å²) in [5.74, 6) is 1.15. The average Bonchev–Trinajstić information content (AvgIpc) is 2.91. The summed E-state index contributed by atoms with van der Waals surface area (Å²) < 4.78 is 10.3. The molecule has 1 aliphatic heterocycles. The van der Waals surface area contributed by atoms with Gasteiger partial charge in [0.1, 0.15) is 11.8 Å². The van der Waals surface area contributed by atoms with E-state index in [2.05, 4.69) is 30.2 Å². The molecular weight excluding hydrogens is 292 g/mol. The number of benzene rings is 1. The van der Waals surface area contributed by atoms with Gasteiger partial charge < -0.3 is 14.5 Å². The van der Waals surface area contributed by atoms with Crippen molar-refractivity contribution in [3.05, 3.63) is 29.5 Å². The van der Waals surface area contributed by atoms with Crippen LogP contribution in [0.4, 0.5) is 0 Å². The van der Waals surface area contributed by atoms with Gasteiger partial charge in [-0.05, 0) is 30.0 Å². The number of methoxy groups -OCH3 is 2. The Morgan fingerprint density at radius 2 is 2.13 bits per heavy atom. The third kappa shape index (κ3) is 2.93. The first kappa shape index (κ1) is 15.9. The van der Waals surface area contributed by atoms with Crippen molar-refractivity contribution in [3.8, 4) is 5.75 Å². The highest BCUT2D eigenvalue weighted by Crippen LogP contribution is 2.36. The van der Waals surface area contributed by atoms with Gasteiger partial charge in [0.2, 0.25) is 0 Å². The first-order chi connectivity index (χ1) is 11.0. The first-order valence-electron chi connectivity index (χ1n) is 8.05. The van der Waals surface area contributed by atoms with E-state index in [0.29, 0.717) is 12.3 Å². The largest absolute Gasteiger partial charge is 0.497 e. The second-order valence-corrected chi connectivity index (χ2v) is 6.56. The number of carbonyl (C=O) groups is 1. The molecule has 0 bridgehead atoms. The van der Waals surface area contributed by atoms with Crippen LogP contribution in [0, 0.1) is 5.92 Å². The molecule has 2 N–H and O–H groups in total. The third-order valence-electron chi connectivity index (χ3n) is 4.50. The normalized spacial score (nSPS) is 20.6. The molecule has 1 aromatic carbocycles. The molecule has 2 heterocycles. The van der Waals surface area contributed by atoms with Crippen LogP contribution in [0.2, 0.25) is 0 Å². The minimum absolute atomic E-state index is 0.126.